The number of hydrogen-bond acceptors (Lipinski definition) is 2. The van der Waals surface area contributed by atoms with Gasteiger partial charge in [0.1, 0.15) is 0 Å². The van der Waals surface area contributed by atoms with Gasteiger partial charge in [0.05, 0.1) is 6.10 Å². The van der Waals surface area contributed by atoms with Crippen molar-refractivity contribution in [1.29, 1.82) is 0 Å². The average molecular weight is 314 g/mol. The Morgan fingerprint density at radius 1 is 0.727 bits per heavy atom. The van der Waals surface area contributed by atoms with Gasteiger partial charge in [-0.25, -0.2) is 0 Å². The quantitative estimate of drug-likeness (QED) is 0.353. The Kier molecular flexibility index (Phi) is 15.7. The van der Waals surface area contributed by atoms with Crippen molar-refractivity contribution in [2.45, 2.75) is 123 Å². The van der Waals surface area contributed by atoms with Crippen LogP contribution in [0.25, 0.3) is 0 Å². The van der Waals surface area contributed by atoms with Crippen molar-refractivity contribution >= 4 is 0 Å². The third kappa shape index (κ3) is 12.5. The molecule has 0 radical (unpaired) electrons. The number of hydrogen-bond donors (Lipinski definition) is 2. The molecule has 3 N–H and O–H groups in total. The summed E-state index contributed by atoms with van der Waals surface area (Å²) >= 11 is 0. The lowest BCUT2D eigenvalue weighted by Crippen LogP contribution is -2.38. The van der Waals surface area contributed by atoms with E-state index in [0.717, 1.165) is 12.8 Å². The number of unbranched alkanes of at least 4 members (excludes halogenated alkanes) is 11. The van der Waals surface area contributed by atoms with Crippen LogP contribution in [0.5, 0.6) is 0 Å². The monoisotopic (exact) mass is 313 g/mol. The Hall–Kier alpha value is -0.0800. The maximum Gasteiger partial charge on any atom is 0.0716 e. The third-order valence-electron chi connectivity index (χ3n) is 5.01. The van der Waals surface area contributed by atoms with Gasteiger partial charge in [-0.1, -0.05) is 97.8 Å². The van der Waals surface area contributed by atoms with Gasteiger partial charge in [0, 0.05) is 6.04 Å². The highest BCUT2D eigenvalue weighted by Gasteiger charge is 2.19. The van der Waals surface area contributed by atoms with Crippen molar-refractivity contribution in [3.8, 4) is 0 Å². The molecule has 0 aliphatic heterocycles. The average Bonchev–Trinajstić information content (AvgIpc) is 2.54. The molecule has 0 amide bonds. The summed E-state index contributed by atoms with van der Waals surface area (Å²) in [7, 11) is 0. The first kappa shape index (κ1) is 21.9. The van der Waals surface area contributed by atoms with Gasteiger partial charge in [0.25, 0.3) is 0 Å². The van der Waals surface area contributed by atoms with Gasteiger partial charge in [-0.2, -0.15) is 0 Å². The molecule has 0 aromatic carbocycles. The number of rotatable bonds is 16. The van der Waals surface area contributed by atoms with E-state index in [1.807, 2.05) is 6.92 Å². The molecule has 0 bridgehead atoms. The number of aliphatic hydroxyl groups is 1. The molecule has 134 valence electrons. The summed E-state index contributed by atoms with van der Waals surface area (Å²) in [4.78, 5) is 0. The fourth-order valence-electron chi connectivity index (χ4n) is 3.14. The van der Waals surface area contributed by atoms with Gasteiger partial charge in [0.15, 0.2) is 0 Å². The first-order valence-corrected chi connectivity index (χ1v) is 10.1. The maximum atomic E-state index is 10.0. The lowest BCUT2D eigenvalue weighted by molar-refractivity contribution is 0.0830. The number of nitrogens with two attached hydrogens (primary N) is 1. The normalized spacial score (nSPS) is 15.7. The highest BCUT2D eigenvalue weighted by atomic mass is 16.3. The van der Waals surface area contributed by atoms with Crippen LogP contribution in [0.1, 0.15) is 111 Å². The molecule has 22 heavy (non-hydrogen) atoms. The first-order valence-electron chi connectivity index (χ1n) is 10.1. The lowest BCUT2D eigenvalue weighted by atomic mass is 9.91. The molecule has 3 atom stereocenters. The molecule has 0 aromatic heterocycles. The molecule has 2 nitrogen and oxygen atoms in total. The summed E-state index contributed by atoms with van der Waals surface area (Å²) in [5, 5.41) is 10.0. The van der Waals surface area contributed by atoms with Gasteiger partial charge in [-0.15, -0.1) is 0 Å². The van der Waals surface area contributed by atoms with Crippen LogP contribution in [-0.4, -0.2) is 17.3 Å². The van der Waals surface area contributed by atoms with Crippen LogP contribution in [-0.2, 0) is 0 Å². The van der Waals surface area contributed by atoms with Crippen LogP contribution in [0, 0.1) is 5.92 Å². The second kappa shape index (κ2) is 15.8. The van der Waals surface area contributed by atoms with Gasteiger partial charge in [0.2, 0.25) is 0 Å². The van der Waals surface area contributed by atoms with Crippen molar-refractivity contribution in [3.05, 3.63) is 0 Å². The van der Waals surface area contributed by atoms with Crippen molar-refractivity contribution in [2.24, 2.45) is 11.7 Å². The second-order valence-corrected chi connectivity index (χ2v) is 7.22. The topological polar surface area (TPSA) is 46.2 Å². The minimum absolute atomic E-state index is 0.0488. The van der Waals surface area contributed by atoms with Gasteiger partial charge in [-0.05, 0) is 18.8 Å². The zero-order chi connectivity index (χ0) is 16.6. The summed E-state index contributed by atoms with van der Waals surface area (Å²) in [6, 6.07) is -0.0488. The zero-order valence-electron chi connectivity index (χ0n) is 15.7. The fraction of sp³-hybridized carbons (Fsp3) is 1.00. The molecular weight excluding hydrogens is 270 g/mol. The van der Waals surface area contributed by atoms with Crippen LogP contribution in [0.4, 0.5) is 0 Å². The molecule has 0 saturated heterocycles. The molecule has 0 saturated carbocycles. The van der Waals surface area contributed by atoms with Crippen LogP contribution >= 0.6 is 0 Å². The van der Waals surface area contributed by atoms with Crippen LogP contribution in [0.3, 0.4) is 0 Å². The molecule has 3 unspecified atom stereocenters. The Balaban J connectivity index is 3.26. The van der Waals surface area contributed by atoms with E-state index in [1.165, 1.54) is 77.0 Å². The molecule has 2 heteroatoms. The SMILES string of the molecule is CCCCCCCCCCCCCCC(C)C(O)C(N)CC. The van der Waals surface area contributed by atoms with E-state index < -0.39 is 0 Å². The van der Waals surface area contributed by atoms with E-state index in [4.69, 9.17) is 5.73 Å². The van der Waals surface area contributed by atoms with E-state index in [2.05, 4.69) is 13.8 Å². The molecule has 0 spiro atoms. The lowest BCUT2D eigenvalue weighted by Gasteiger charge is -2.23. The zero-order valence-corrected chi connectivity index (χ0v) is 15.7. The Labute approximate surface area is 140 Å². The van der Waals surface area contributed by atoms with Crippen molar-refractivity contribution in [1.82, 2.24) is 0 Å². The Bertz CT molecular complexity index is 220. The fourth-order valence-corrected chi connectivity index (χ4v) is 3.14. The van der Waals surface area contributed by atoms with E-state index in [-0.39, 0.29) is 12.1 Å². The third-order valence-corrected chi connectivity index (χ3v) is 5.01. The van der Waals surface area contributed by atoms with Crippen molar-refractivity contribution < 1.29 is 5.11 Å². The molecule has 0 aliphatic carbocycles. The van der Waals surface area contributed by atoms with E-state index in [9.17, 15) is 5.11 Å². The molecule has 0 rings (SSSR count). The standard InChI is InChI=1S/C20H43NO/c1-4-6-7-8-9-10-11-12-13-14-15-16-17-18(3)20(22)19(21)5-2/h18-20,22H,4-17,21H2,1-3H3. The molecule has 0 heterocycles. The van der Waals surface area contributed by atoms with Crippen LogP contribution < -0.4 is 5.73 Å². The summed E-state index contributed by atoms with van der Waals surface area (Å²) in [5.41, 5.74) is 5.90. The first-order chi connectivity index (χ1) is 10.6. The van der Waals surface area contributed by atoms with E-state index >= 15 is 0 Å². The predicted molar refractivity (Wildman–Crippen MR) is 99.1 cm³/mol. The summed E-state index contributed by atoms with van der Waals surface area (Å²) < 4.78 is 0. The van der Waals surface area contributed by atoms with Crippen molar-refractivity contribution in [2.75, 3.05) is 0 Å². The smallest absolute Gasteiger partial charge is 0.0716 e. The van der Waals surface area contributed by atoms with Crippen LogP contribution in [0.15, 0.2) is 0 Å². The molecule has 0 aromatic rings. The highest BCUT2D eigenvalue weighted by molar-refractivity contribution is 4.75. The van der Waals surface area contributed by atoms with Gasteiger partial charge >= 0.3 is 0 Å². The maximum absolute atomic E-state index is 10.0. The summed E-state index contributed by atoms with van der Waals surface area (Å²) in [6.45, 7) is 6.46. The van der Waals surface area contributed by atoms with E-state index in [1.54, 1.807) is 0 Å². The van der Waals surface area contributed by atoms with Crippen LogP contribution in [0.2, 0.25) is 0 Å². The second-order valence-electron chi connectivity index (χ2n) is 7.22. The van der Waals surface area contributed by atoms with Crippen molar-refractivity contribution in [3.63, 3.8) is 0 Å². The highest BCUT2D eigenvalue weighted by Crippen LogP contribution is 2.18. The minimum Gasteiger partial charge on any atom is -0.391 e. The predicted octanol–water partition coefficient (Wildman–Crippen LogP) is 5.81. The Morgan fingerprint density at radius 2 is 1.14 bits per heavy atom. The van der Waals surface area contributed by atoms with Gasteiger partial charge < -0.3 is 10.8 Å². The van der Waals surface area contributed by atoms with E-state index in [0.29, 0.717) is 5.92 Å². The molecule has 0 aliphatic rings. The number of aliphatic hydroxyl groups excluding tert-OH is 1. The minimum atomic E-state index is -0.322. The summed E-state index contributed by atoms with van der Waals surface area (Å²) in [6.07, 6.45) is 18.3. The largest absolute Gasteiger partial charge is 0.391 e. The van der Waals surface area contributed by atoms with Gasteiger partial charge in [-0.3, -0.25) is 0 Å². The Morgan fingerprint density at radius 3 is 1.55 bits per heavy atom. The molecular formula is C20H43NO. The molecule has 0 fully saturated rings. The summed E-state index contributed by atoms with van der Waals surface area (Å²) in [5.74, 6) is 0.345.